The predicted molar refractivity (Wildman–Crippen MR) is 76.1 cm³/mol. The Morgan fingerprint density at radius 2 is 1.80 bits per heavy atom. The highest BCUT2D eigenvalue weighted by atomic mass is 19.3. The lowest BCUT2D eigenvalue weighted by molar-refractivity contribution is 0.145. The van der Waals surface area contributed by atoms with E-state index in [9.17, 15) is 8.78 Å². The summed E-state index contributed by atoms with van der Waals surface area (Å²) >= 11 is 0. The van der Waals surface area contributed by atoms with Gasteiger partial charge in [0.15, 0.2) is 0 Å². The molecule has 0 radical (unpaired) electrons. The number of nitrogens with two attached hydrogens (primary N) is 1. The van der Waals surface area contributed by atoms with Gasteiger partial charge in [-0.25, -0.2) is 8.78 Å². The molecule has 0 aliphatic carbocycles. The molecule has 0 bridgehead atoms. The van der Waals surface area contributed by atoms with Gasteiger partial charge in [0, 0.05) is 5.69 Å². The summed E-state index contributed by atoms with van der Waals surface area (Å²) in [6.45, 7) is 0.401. The first-order chi connectivity index (χ1) is 9.66. The van der Waals surface area contributed by atoms with Crippen LogP contribution in [0.3, 0.4) is 0 Å². The van der Waals surface area contributed by atoms with E-state index < -0.39 is 6.43 Å². The highest BCUT2D eigenvalue weighted by Crippen LogP contribution is 2.30. The zero-order chi connectivity index (χ0) is 14.4. The lowest BCUT2D eigenvalue weighted by Crippen LogP contribution is -2.03. The van der Waals surface area contributed by atoms with Gasteiger partial charge in [-0.2, -0.15) is 0 Å². The van der Waals surface area contributed by atoms with Crippen molar-refractivity contribution in [1.29, 1.82) is 0 Å². The Bertz CT molecular complexity index is 543. The van der Waals surface area contributed by atoms with Crippen molar-refractivity contribution < 1.29 is 13.5 Å². The summed E-state index contributed by atoms with van der Waals surface area (Å²) in [4.78, 5) is 0. The third-order valence-electron chi connectivity index (χ3n) is 2.98. The minimum atomic E-state index is -2.58. The van der Waals surface area contributed by atoms with Gasteiger partial charge in [-0.05, 0) is 36.6 Å². The minimum absolute atomic E-state index is 0.148. The predicted octanol–water partition coefficient (Wildman–Crippen LogP) is 4.22. The van der Waals surface area contributed by atoms with E-state index >= 15 is 0 Å². The van der Waals surface area contributed by atoms with Gasteiger partial charge in [0.25, 0.3) is 6.43 Å². The third-order valence-corrected chi connectivity index (χ3v) is 2.98. The van der Waals surface area contributed by atoms with Gasteiger partial charge in [-0.1, -0.05) is 30.3 Å². The lowest BCUT2D eigenvalue weighted by Gasteiger charge is -2.11. The topological polar surface area (TPSA) is 35.2 Å². The third kappa shape index (κ3) is 3.95. The highest BCUT2D eigenvalue weighted by Gasteiger charge is 2.14. The van der Waals surface area contributed by atoms with Crippen LogP contribution < -0.4 is 10.5 Å². The molecular formula is C16H17F2NO. The second kappa shape index (κ2) is 6.89. The van der Waals surface area contributed by atoms with Crippen LogP contribution in [0, 0.1) is 0 Å². The van der Waals surface area contributed by atoms with Gasteiger partial charge in [-0.3, -0.25) is 0 Å². The summed E-state index contributed by atoms with van der Waals surface area (Å²) in [5.74, 6) is 0.210. The number of benzene rings is 2. The Kier molecular flexibility index (Phi) is 4.93. The molecule has 0 aliphatic heterocycles. The quantitative estimate of drug-likeness (QED) is 0.634. The van der Waals surface area contributed by atoms with Crippen LogP contribution in [0.15, 0.2) is 48.5 Å². The van der Waals surface area contributed by atoms with Crippen LogP contribution in [0.25, 0.3) is 0 Å². The Hall–Kier alpha value is -2.10. The molecule has 4 heteroatoms. The SMILES string of the molecule is Nc1ccc(OCCCc2ccccc2)c(C(F)F)c1. The van der Waals surface area contributed by atoms with Gasteiger partial charge >= 0.3 is 0 Å². The van der Waals surface area contributed by atoms with Crippen LogP contribution in [0.5, 0.6) is 5.75 Å². The van der Waals surface area contributed by atoms with E-state index in [0.29, 0.717) is 12.3 Å². The number of rotatable bonds is 6. The van der Waals surface area contributed by atoms with Gasteiger partial charge in [0.1, 0.15) is 5.75 Å². The van der Waals surface area contributed by atoms with E-state index in [0.717, 1.165) is 12.8 Å². The summed E-state index contributed by atoms with van der Waals surface area (Å²) in [6.07, 6.45) is -0.945. The molecule has 106 valence electrons. The van der Waals surface area contributed by atoms with Crippen molar-refractivity contribution in [1.82, 2.24) is 0 Å². The first-order valence-electron chi connectivity index (χ1n) is 6.51. The maximum absolute atomic E-state index is 12.8. The summed E-state index contributed by atoms with van der Waals surface area (Å²) in [7, 11) is 0. The molecule has 0 aromatic heterocycles. The van der Waals surface area contributed by atoms with E-state index in [1.54, 1.807) is 6.07 Å². The molecule has 0 saturated carbocycles. The molecule has 0 fully saturated rings. The first kappa shape index (κ1) is 14.3. The first-order valence-corrected chi connectivity index (χ1v) is 6.51. The summed E-state index contributed by atoms with van der Waals surface area (Å²) in [5.41, 5.74) is 6.89. The number of halogens is 2. The number of ether oxygens (including phenoxy) is 1. The second-order valence-electron chi connectivity index (χ2n) is 4.54. The minimum Gasteiger partial charge on any atom is -0.493 e. The molecule has 20 heavy (non-hydrogen) atoms. The molecule has 2 aromatic carbocycles. The van der Waals surface area contributed by atoms with Crippen molar-refractivity contribution >= 4 is 5.69 Å². The molecule has 2 rings (SSSR count). The fraction of sp³-hybridized carbons (Fsp3) is 0.250. The van der Waals surface area contributed by atoms with Gasteiger partial charge in [0.05, 0.1) is 12.2 Å². The molecule has 0 heterocycles. The van der Waals surface area contributed by atoms with Crippen LogP contribution in [-0.2, 0) is 6.42 Å². The summed E-state index contributed by atoms with van der Waals surface area (Å²) < 4.78 is 31.1. The van der Waals surface area contributed by atoms with E-state index in [2.05, 4.69) is 0 Å². The summed E-state index contributed by atoms with van der Waals surface area (Å²) in [6, 6.07) is 14.3. The largest absolute Gasteiger partial charge is 0.493 e. The van der Waals surface area contributed by atoms with Gasteiger partial charge < -0.3 is 10.5 Å². The average molecular weight is 277 g/mol. The molecule has 0 unspecified atom stereocenters. The Morgan fingerprint density at radius 1 is 1.05 bits per heavy atom. The molecular weight excluding hydrogens is 260 g/mol. The summed E-state index contributed by atoms with van der Waals surface area (Å²) in [5, 5.41) is 0. The van der Waals surface area contributed by atoms with Crippen LogP contribution in [0.2, 0.25) is 0 Å². The lowest BCUT2D eigenvalue weighted by atomic mass is 10.1. The van der Waals surface area contributed by atoms with Crippen molar-refractivity contribution in [3.63, 3.8) is 0 Å². The Balaban J connectivity index is 1.88. The van der Waals surface area contributed by atoms with Crippen molar-refractivity contribution in [2.24, 2.45) is 0 Å². The normalized spacial score (nSPS) is 10.8. The molecule has 2 aromatic rings. The molecule has 0 atom stereocenters. The number of nitrogen functional groups attached to an aromatic ring is 1. The Labute approximate surface area is 117 Å². The Morgan fingerprint density at radius 3 is 2.50 bits per heavy atom. The molecule has 0 aliphatic rings. The van der Waals surface area contributed by atoms with E-state index in [-0.39, 0.29) is 11.3 Å². The number of aryl methyl sites for hydroxylation is 1. The molecule has 0 saturated heterocycles. The van der Waals surface area contributed by atoms with Gasteiger partial charge in [-0.15, -0.1) is 0 Å². The van der Waals surface area contributed by atoms with E-state index in [1.165, 1.54) is 17.7 Å². The number of hydrogen-bond donors (Lipinski definition) is 1. The fourth-order valence-corrected chi connectivity index (χ4v) is 1.97. The molecule has 2 N–H and O–H groups in total. The van der Waals surface area contributed by atoms with Crippen LogP contribution >= 0.6 is 0 Å². The molecule has 0 spiro atoms. The van der Waals surface area contributed by atoms with Crippen LogP contribution in [0.4, 0.5) is 14.5 Å². The monoisotopic (exact) mass is 277 g/mol. The standard InChI is InChI=1S/C16H17F2NO/c17-16(18)14-11-13(19)8-9-15(14)20-10-4-7-12-5-2-1-3-6-12/h1-3,5-6,8-9,11,16H,4,7,10,19H2. The number of hydrogen-bond acceptors (Lipinski definition) is 2. The maximum Gasteiger partial charge on any atom is 0.267 e. The van der Waals surface area contributed by atoms with Crippen molar-refractivity contribution in [2.75, 3.05) is 12.3 Å². The fourth-order valence-electron chi connectivity index (χ4n) is 1.97. The smallest absolute Gasteiger partial charge is 0.267 e. The van der Waals surface area contributed by atoms with Crippen molar-refractivity contribution in [3.8, 4) is 5.75 Å². The number of alkyl halides is 2. The van der Waals surface area contributed by atoms with Gasteiger partial charge in [0.2, 0.25) is 0 Å². The van der Waals surface area contributed by atoms with Crippen LogP contribution in [0.1, 0.15) is 24.0 Å². The zero-order valence-electron chi connectivity index (χ0n) is 11.1. The zero-order valence-corrected chi connectivity index (χ0v) is 11.1. The van der Waals surface area contributed by atoms with E-state index in [1.807, 2.05) is 30.3 Å². The number of anilines is 1. The highest BCUT2D eigenvalue weighted by molar-refractivity contribution is 5.48. The van der Waals surface area contributed by atoms with Crippen LogP contribution in [-0.4, -0.2) is 6.61 Å². The van der Waals surface area contributed by atoms with E-state index in [4.69, 9.17) is 10.5 Å². The average Bonchev–Trinajstić information content (AvgIpc) is 2.45. The maximum atomic E-state index is 12.8. The second-order valence-corrected chi connectivity index (χ2v) is 4.54. The molecule has 2 nitrogen and oxygen atoms in total. The van der Waals surface area contributed by atoms with Crippen molar-refractivity contribution in [2.45, 2.75) is 19.3 Å². The molecule has 0 amide bonds. The van der Waals surface area contributed by atoms with Crippen molar-refractivity contribution in [3.05, 3.63) is 59.7 Å².